The van der Waals surface area contributed by atoms with Gasteiger partial charge in [-0.2, -0.15) is 0 Å². The van der Waals surface area contributed by atoms with Crippen molar-refractivity contribution in [2.75, 3.05) is 32.9 Å². The third-order valence-corrected chi connectivity index (χ3v) is 5.79. The Balaban J connectivity index is 1.52. The van der Waals surface area contributed by atoms with Crippen LogP contribution in [0.25, 0.3) is 0 Å². The normalized spacial score (nSPS) is 11.7. The molecule has 0 saturated heterocycles. The number of nitrogens with one attached hydrogen (secondary N) is 1. The lowest BCUT2D eigenvalue weighted by molar-refractivity contribution is 0.174. The number of carbonyl (C=O) groups is 1. The summed E-state index contributed by atoms with van der Waals surface area (Å²) in [5, 5.41) is 2.99. The van der Waals surface area contributed by atoms with Gasteiger partial charge in [-0.1, -0.05) is 34.1 Å². The molecular weight excluding hydrogens is 488 g/mol. The van der Waals surface area contributed by atoms with Crippen LogP contribution in [0.2, 0.25) is 0 Å². The molecular formula is C25H25BrN2O5. The summed E-state index contributed by atoms with van der Waals surface area (Å²) >= 11 is 3.45. The van der Waals surface area contributed by atoms with Crippen LogP contribution >= 0.6 is 15.9 Å². The molecule has 1 heterocycles. The lowest BCUT2D eigenvalue weighted by Gasteiger charge is -2.24. The molecule has 0 spiro atoms. The van der Waals surface area contributed by atoms with Crippen molar-refractivity contribution in [3.05, 3.63) is 76.3 Å². The first kappa shape index (κ1) is 22.8. The van der Waals surface area contributed by atoms with Gasteiger partial charge in [-0.15, -0.1) is 0 Å². The first-order valence-electron chi connectivity index (χ1n) is 10.5. The first-order chi connectivity index (χ1) is 16.1. The van der Waals surface area contributed by atoms with Crippen molar-refractivity contribution in [1.82, 2.24) is 4.90 Å². The van der Waals surface area contributed by atoms with Crippen molar-refractivity contribution in [1.29, 1.82) is 0 Å². The topological polar surface area (TPSA) is 69.3 Å². The average molecular weight is 513 g/mol. The monoisotopic (exact) mass is 512 g/mol. The average Bonchev–Trinajstić information content (AvgIpc) is 3.29. The van der Waals surface area contributed by atoms with Crippen LogP contribution in [0.15, 0.2) is 65.1 Å². The lowest BCUT2D eigenvalue weighted by Crippen LogP contribution is -2.36. The van der Waals surface area contributed by atoms with Crippen LogP contribution in [-0.4, -0.2) is 38.5 Å². The molecule has 0 bridgehead atoms. The van der Waals surface area contributed by atoms with E-state index in [-0.39, 0.29) is 12.8 Å². The number of carbonyl (C=O) groups excluding carboxylic acids is 1. The van der Waals surface area contributed by atoms with Gasteiger partial charge in [0.25, 0.3) is 0 Å². The second-order valence-electron chi connectivity index (χ2n) is 7.49. The number of benzene rings is 3. The maximum atomic E-state index is 13.2. The third kappa shape index (κ3) is 5.70. The summed E-state index contributed by atoms with van der Waals surface area (Å²) in [5.41, 5.74) is 2.71. The highest BCUT2D eigenvalue weighted by atomic mass is 79.9. The van der Waals surface area contributed by atoms with Gasteiger partial charge in [0, 0.05) is 23.2 Å². The maximum Gasteiger partial charge on any atom is 0.322 e. The van der Waals surface area contributed by atoms with E-state index in [0.29, 0.717) is 42.5 Å². The number of fused-ring (bicyclic) bond motifs is 1. The van der Waals surface area contributed by atoms with E-state index < -0.39 is 0 Å². The number of amides is 2. The molecule has 0 atom stereocenters. The Bertz CT molecular complexity index is 1140. The van der Waals surface area contributed by atoms with Crippen LogP contribution in [0.4, 0.5) is 10.5 Å². The third-order valence-electron chi connectivity index (χ3n) is 5.29. The number of anilines is 1. The standard InChI is InChI=1S/C25H25BrN2O5/c1-30-21-8-6-17(12-23(21)31-2)10-11-28(25(29)27-20-5-3-4-19(26)14-20)15-18-7-9-22-24(13-18)33-16-32-22/h3-9,12-14H,10-11,15-16H2,1-2H3,(H,27,29). The van der Waals surface area contributed by atoms with Crippen molar-refractivity contribution in [2.24, 2.45) is 0 Å². The van der Waals surface area contributed by atoms with E-state index in [1.165, 1.54) is 0 Å². The van der Waals surface area contributed by atoms with E-state index >= 15 is 0 Å². The summed E-state index contributed by atoms with van der Waals surface area (Å²) in [5.74, 6) is 2.75. The van der Waals surface area contributed by atoms with Gasteiger partial charge in [-0.25, -0.2) is 4.79 Å². The van der Waals surface area contributed by atoms with E-state index in [4.69, 9.17) is 18.9 Å². The fourth-order valence-electron chi connectivity index (χ4n) is 3.58. The maximum absolute atomic E-state index is 13.2. The predicted octanol–water partition coefficient (Wildman–Crippen LogP) is 5.47. The number of rotatable bonds is 8. The summed E-state index contributed by atoms with van der Waals surface area (Å²) in [4.78, 5) is 15.0. The Labute approximate surface area is 201 Å². The number of urea groups is 1. The number of halogens is 1. The predicted molar refractivity (Wildman–Crippen MR) is 129 cm³/mol. The molecule has 0 fully saturated rings. The quantitative estimate of drug-likeness (QED) is 0.433. The highest BCUT2D eigenvalue weighted by Crippen LogP contribution is 2.33. The zero-order valence-corrected chi connectivity index (χ0v) is 20.1. The minimum absolute atomic E-state index is 0.189. The second kappa shape index (κ2) is 10.5. The molecule has 3 aromatic rings. The molecule has 0 aliphatic carbocycles. The number of nitrogens with zero attached hydrogens (tertiary/aromatic N) is 1. The summed E-state index contributed by atoms with van der Waals surface area (Å²) in [6, 6.07) is 18.8. The van der Waals surface area contributed by atoms with Crippen LogP contribution in [-0.2, 0) is 13.0 Å². The van der Waals surface area contributed by atoms with Crippen molar-refractivity contribution in [3.8, 4) is 23.0 Å². The summed E-state index contributed by atoms with van der Waals surface area (Å²) in [6.07, 6.45) is 0.650. The Kier molecular flexibility index (Phi) is 7.24. The molecule has 0 saturated carbocycles. The van der Waals surface area contributed by atoms with Gasteiger partial charge in [0.15, 0.2) is 23.0 Å². The van der Waals surface area contributed by atoms with Crippen LogP contribution in [0.5, 0.6) is 23.0 Å². The van der Waals surface area contributed by atoms with Crippen molar-refractivity contribution in [2.45, 2.75) is 13.0 Å². The highest BCUT2D eigenvalue weighted by molar-refractivity contribution is 9.10. The fourth-order valence-corrected chi connectivity index (χ4v) is 3.98. The van der Waals surface area contributed by atoms with Gasteiger partial charge >= 0.3 is 6.03 Å². The number of hydrogen-bond donors (Lipinski definition) is 1. The molecule has 4 rings (SSSR count). The molecule has 1 N–H and O–H groups in total. The van der Waals surface area contributed by atoms with Gasteiger partial charge < -0.3 is 29.2 Å². The van der Waals surface area contributed by atoms with Gasteiger partial charge in [0.1, 0.15) is 0 Å². The zero-order chi connectivity index (χ0) is 23.2. The molecule has 2 amide bonds. The molecule has 172 valence electrons. The van der Waals surface area contributed by atoms with Crippen LogP contribution in [0, 0.1) is 0 Å². The summed E-state index contributed by atoms with van der Waals surface area (Å²) < 4.78 is 22.5. The SMILES string of the molecule is COc1ccc(CCN(Cc2ccc3c(c2)OCO3)C(=O)Nc2cccc(Br)c2)cc1OC. The Morgan fingerprint density at radius 2 is 1.76 bits per heavy atom. The fraction of sp³-hybridized carbons (Fsp3) is 0.240. The van der Waals surface area contributed by atoms with Gasteiger partial charge in [0.05, 0.1) is 14.2 Å². The lowest BCUT2D eigenvalue weighted by atomic mass is 10.1. The van der Waals surface area contributed by atoms with Crippen LogP contribution in [0.1, 0.15) is 11.1 Å². The largest absolute Gasteiger partial charge is 0.493 e. The minimum atomic E-state index is -0.189. The number of hydrogen-bond acceptors (Lipinski definition) is 5. The molecule has 8 heteroatoms. The van der Waals surface area contributed by atoms with Crippen molar-refractivity contribution < 1.29 is 23.7 Å². The molecule has 1 aliphatic heterocycles. The second-order valence-corrected chi connectivity index (χ2v) is 8.40. The van der Waals surface area contributed by atoms with Gasteiger partial charge in [-0.05, 0) is 60.0 Å². The smallest absolute Gasteiger partial charge is 0.322 e. The zero-order valence-electron chi connectivity index (χ0n) is 18.5. The molecule has 7 nitrogen and oxygen atoms in total. The van der Waals surface area contributed by atoms with Gasteiger partial charge in [-0.3, -0.25) is 0 Å². The molecule has 0 unspecified atom stereocenters. The summed E-state index contributed by atoms with van der Waals surface area (Å²) in [7, 11) is 3.22. The van der Waals surface area contributed by atoms with Crippen LogP contribution in [0.3, 0.4) is 0 Å². The molecule has 0 aromatic heterocycles. The minimum Gasteiger partial charge on any atom is -0.493 e. The van der Waals surface area contributed by atoms with E-state index in [1.807, 2.05) is 60.7 Å². The van der Waals surface area contributed by atoms with Crippen molar-refractivity contribution >= 4 is 27.6 Å². The molecule has 1 aliphatic rings. The van der Waals surface area contributed by atoms with E-state index in [0.717, 1.165) is 21.3 Å². The Morgan fingerprint density at radius 1 is 0.970 bits per heavy atom. The van der Waals surface area contributed by atoms with E-state index in [2.05, 4.69) is 21.2 Å². The molecule has 33 heavy (non-hydrogen) atoms. The molecule has 0 radical (unpaired) electrons. The summed E-state index contributed by atoms with van der Waals surface area (Å²) in [6.45, 7) is 1.14. The van der Waals surface area contributed by atoms with Gasteiger partial charge in [0.2, 0.25) is 6.79 Å². The van der Waals surface area contributed by atoms with Crippen LogP contribution < -0.4 is 24.3 Å². The Morgan fingerprint density at radius 3 is 2.55 bits per heavy atom. The van der Waals surface area contributed by atoms with Crippen molar-refractivity contribution in [3.63, 3.8) is 0 Å². The van der Waals surface area contributed by atoms with E-state index in [9.17, 15) is 4.79 Å². The highest BCUT2D eigenvalue weighted by Gasteiger charge is 2.18. The molecule has 3 aromatic carbocycles. The van der Waals surface area contributed by atoms with E-state index in [1.54, 1.807) is 19.1 Å². The number of ether oxygens (including phenoxy) is 4. The first-order valence-corrected chi connectivity index (χ1v) is 11.3. The Hall–Kier alpha value is -3.39. The number of methoxy groups -OCH3 is 2.